The molecule has 1 aromatic rings. The molecule has 1 N–H and O–H groups in total. The van der Waals surface area contributed by atoms with Gasteiger partial charge in [0, 0.05) is 6.04 Å². The largest absolute Gasteiger partial charge is 0.334 e. The predicted molar refractivity (Wildman–Crippen MR) is 81.2 cm³/mol. The van der Waals surface area contributed by atoms with Crippen LogP contribution in [0.4, 0.5) is 14.9 Å². The van der Waals surface area contributed by atoms with Crippen LogP contribution in [0.5, 0.6) is 0 Å². The molecule has 126 valence electrons. The Kier molecular flexibility index (Phi) is 4.28. The summed E-state index contributed by atoms with van der Waals surface area (Å²) < 4.78 is 13.5. The molecule has 8 heteroatoms. The van der Waals surface area contributed by atoms with Crippen molar-refractivity contribution in [2.24, 2.45) is 0 Å². The number of anilines is 1. The van der Waals surface area contributed by atoms with E-state index in [0.29, 0.717) is 17.7 Å². The molecule has 1 saturated heterocycles. The zero-order valence-electron chi connectivity index (χ0n) is 12.8. The average Bonchev–Trinajstić information content (AvgIpc) is 3.14. The minimum atomic E-state index is -1.02. The zero-order valence-corrected chi connectivity index (χ0v) is 12.8. The zero-order chi connectivity index (χ0) is 17.3. The summed E-state index contributed by atoms with van der Waals surface area (Å²) in [5, 5.41) is 2.29. The van der Waals surface area contributed by atoms with Gasteiger partial charge in [0.05, 0.1) is 5.69 Å². The van der Waals surface area contributed by atoms with Crippen LogP contribution < -0.4 is 5.32 Å². The van der Waals surface area contributed by atoms with Gasteiger partial charge >= 0.3 is 17.8 Å². The van der Waals surface area contributed by atoms with Crippen molar-refractivity contribution in [1.29, 1.82) is 0 Å². The highest BCUT2D eigenvalue weighted by molar-refractivity contribution is 6.45. The molecule has 7 nitrogen and oxygen atoms in total. The molecule has 2 aliphatic rings. The van der Waals surface area contributed by atoms with Gasteiger partial charge < -0.3 is 5.32 Å². The number of urea groups is 1. The summed E-state index contributed by atoms with van der Waals surface area (Å²) >= 11 is 0. The van der Waals surface area contributed by atoms with E-state index in [1.807, 2.05) is 0 Å². The second-order valence-electron chi connectivity index (χ2n) is 5.82. The molecule has 0 unspecified atom stereocenters. The van der Waals surface area contributed by atoms with E-state index in [1.54, 1.807) is 0 Å². The third-order valence-electron chi connectivity index (χ3n) is 4.22. The van der Waals surface area contributed by atoms with Crippen LogP contribution in [0.15, 0.2) is 24.3 Å². The Morgan fingerprint density at radius 3 is 2.46 bits per heavy atom. The number of benzene rings is 1. The van der Waals surface area contributed by atoms with Crippen molar-refractivity contribution in [3.8, 4) is 0 Å². The molecule has 0 radical (unpaired) electrons. The molecule has 0 aromatic heterocycles. The van der Waals surface area contributed by atoms with Gasteiger partial charge in [-0.05, 0) is 25.0 Å². The molecule has 3 rings (SSSR count). The van der Waals surface area contributed by atoms with Crippen molar-refractivity contribution in [1.82, 2.24) is 9.80 Å². The molecule has 5 amide bonds. The van der Waals surface area contributed by atoms with E-state index >= 15 is 0 Å². The molecule has 1 heterocycles. The van der Waals surface area contributed by atoms with E-state index in [9.17, 15) is 23.6 Å². The second kappa shape index (κ2) is 6.38. The fraction of sp³-hybridized carbons (Fsp3) is 0.375. The SMILES string of the molecule is O=C(CN1C(=O)C(=O)N(C2CCCC2)C1=O)Nc1ccccc1F. The number of nitrogens with one attached hydrogen (secondary N) is 1. The number of para-hydroxylation sites is 1. The molecule has 0 atom stereocenters. The Morgan fingerprint density at radius 1 is 1.12 bits per heavy atom. The summed E-state index contributed by atoms with van der Waals surface area (Å²) in [6.07, 6.45) is 3.12. The lowest BCUT2D eigenvalue weighted by atomic mass is 10.2. The molecular formula is C16H16FN3O4. The first-order chi connectivity index (χ1) is 11.5. The van der Waals surface area contributed by atoms with Gasteiger partial charge in [0.15, 0.2) is 0 Å². The normalized spacial score (nSPS) is 18.6. The first kappa shape index (κ1) is 16.1. The number of amides is 5. The minimum absolute atomic E-state index is 0.0550. The predicted octanol–water partition coefficient (Wildman–Crippen LogP) is 1.50. The van der Waals surface area contributed by atoms with Crippen LogP contribution in [0.3, 0.4) is 0 Å². The molecule has 0 spiro atoms. The number of nitrogens with zero attached hydrogens (tertiary/aromatic N) is 2. The monoisotopic (exact) mass is 333 g/mol. The molecule has 1 aliphatic heterocycles. The van der Waals surface area contributed by atoms with Crippen LogP contribution in [0.25, 0.3) is 0 Å². The standard InChI is InChI=1S/C16H16FN3O4/c17-11-7-3-4-8-12(11)18-13(21)9-19-14(22)15(23)20(16(19)24)10-5-1-2-6-10/h3-4,7-8,10H,1-2,5-6,9H2,(H,18,21). The summed E-state index contributed by atoms with van der Waals surface area (Å²) in [4.78, 5) is 49.9. The van der Waals surface area contributed by atoms with Crippen molar-refractivity contribution < 1.29 is 23.6 Å². The fourth-order valence-electron chi connectivity index (χ4n) is 3.04. The summed E-state index contributed by atoms with van der Waals surface area (Å²) in [5.74, 6) is -3.29. The lowest BCUT2D eigenvalue weighted by Gasteiger charge is -2.20. The van der Waals surface area contributed by atoms with Gasteiger partial charge in [-0.15, -0.1) is 0 Å². The van der Waals surface area contributed by atoms with Crippen molar-refractivity contribution >= 4 is 29.4 Å². The Labute approximate surface area is 137 Å². The summed E-state index contributed by atoms with van der Waals surface area (Å²) in [6.45, 7) is -0.624. The maximum Gasteiger partial charge on any atom is 0.334 e. The molecule has 2 fully saturated rings. The highest BCUT2D eigenvalue weighted by Gasteiger charge is 2.48. The Bertz CT molecular complexity index is 715. The number of hydrogen-bond acceptors (Lipinski definition) is 4. The van der Waals surface area contributed by atoms with E-state index in [-0.39, 0.29) is 11.7 Å². The first-order valence-electron chi connectivity index (χ1n) is 7.72. The number of imide groups is 2. The second-order valence-corrected chi connectivity index (χ2v) is 5.82. The number of hydrogen-bond donors (Lipinski definition) is 1. The van der Waals surface area contributed by atoms with Gasteiger partial charge in [-0.1, -0.05) is 25.0 Å². The average molecular weight is 333 g/mol. The molecule has 1 saturated carbocycles. The van der Waals surface area contributed by atoms with E-state index in [4.69, 9.17) is 0 Å². The van der Waals surface area contributed by atoms with Crippen LogP contribution in [0, 0.1) is 5.82 Å². The Hall–Kier alpha value is -2.77. The highest BCUT2D eigenvalue weighted by Crippen LogP contribution is 2.27. The molecule has 0 bridgehead atoms. The van der Waals surface area contributed by atoms with Gasteiger partial charge in [0.2, 0.25) is 5.91 Å². The lowest BCUT2D eigenvalue weighted by molar-refractivity contribution is -0.144. The van der Waals surface area contributed by atoms with E-state index in [2.05, 4.69) is 5.32 Å². The van der Waals surface area contributed by atoms with Crippen LogP contribution in [-0.4, -0.2) is 46.1 Å². The quantitative estimate of drug-likeness (QED) is 0.668. The third kappa shape index (κ3) is 2.86. The maximum atomic E-state index is 13.5. The van der Waals surface area contributed by atoms with E-state index in [1.165, 1.54) is 24.3 Å². The number of carbonyl (C=O) groups excluding carboxylic acids is 4. The Morgan fingerprint density at radius 2 is 1.79 bits per heavy atom. The molecular weight excluding hydrogens is 317 g/mol. The maximum absolute atomic E-state index is 13.5. The van der Waals surface area contributed by atoms with Gasteiger partial charge in [-0.25, -0.2) is 14.1 Å². The topological polar surface area (TPSA) is 86.8 Å². The molecule has 24 heavy (non-hydrogen) atoms. The van der Waals surface area contributed by atoms with Crippen LogP contribution in [-0.2, 0) is 14.4 Å². The van der Waals surface area contributed by atoms with Crippen molar-refractivity contribution in [2.75, 3.05) is 11.9 Å². The Balaban J connectivity index is 1.69. The van der Waals surface area contributed by atoms with Crippen LogP contribution in [0.1, 0.15) is 25.7 Å². The fourth-order valence-corrected chi connectivity index (χ4v) is 3.04. The number of rotatable bonds is 4. The number of carbonyl (C=O) groups is 4. The molecule has 1 aliphatic carbocycles. The smallest absolute Gasteiger partial charge is 0.322 e. The highest BCUT2D eigenvalue weighted by atomic mass is 19.1. The first-order valence-corrected chi connectivity index (χ1v) is 7.72. The summed E-state index contributed by atoms with van der Waals surface area (Å²) in [6, 6.07) is 4.48. The van der Waals surface area contributed by atoms with Gasteiger partial charge in [-0.2, -0.15) is 0 Å². The summed E-state index contributed by atoms with van der Waals surface area (Å²) in [7, 11) is 0. The van der Waals surface area contributed by atoms with E-state index in [0.717, 1.165) is 17.7 Å². The van der Waals surface area contributed by atoms with Crippen LogP contribution in [0.2, 0.25) is 0 Å². The van der Waals surface area contributed by atoms with Crippen LogP contribution >= 0.6 is 0 Å². The van der Waals surface area contributed by atoms with Crippen molar-refractivity contribution in [2.45, 2.75) is 31.7 Å². The van der Waals surface area contributed by atoms with Gasteiger partial charge in [-0.3, -0.25) is 19.3 Å². The molecule has 1 aromatic carbocycles. The number of halogens is 1. The van der Waals surface area contributed by atoms with Crippen molar-refractivity contribution in [3.63, 3.8) is 0 Å². The van der Waals surface area contributed by atoms with E-state index < -0.39 is 36.1 Å². The minimum Gasteiger partial charge on any atom is -0.322 e. The third-order valence-corrected chi connectivity index (χ3v) is 4.22. The van der Waals surface area contributed by atoms with Gasteiger partial charge in [0.25, 0.3) is 0 Å². The lowest BCUT2D eigenvalue weighted by Crippen LogP contribution is -2.41. The van der Waals surface area contributed by atoms with Crippen molar-refractivity contribution in [3.05, 3.63) is 30.1 Å². The van der Waals surface area contributed by atoms with Gasteiger partial charge in [0.1, 0.15) is 12.4 Å². The summed E-state index contributed by atoms with van der Waals surface area (Å²) in [5.41, 5.74) is -0.0550.